The molecular formula is C10H10Cl2O4. The van der Waals surface area contributed by atoms with E-state index in [0.29, 0.717) is 11.5 Å². The SMILES string of the molecule is COc1cc(C(=O)Cl)c(Cl)c(OC)c1OC. The van der Waals surface area contributed by atoms with Crippen molar-refractivity contribution in [2.75, 3.05) is 21.3 Å². The minimum Gasteiger partial charge on any atom is -0.493 e. The Hall–Kier alpha value is -1.13. The first kappa shape index (κ1) is 12.9. The molecule has 4 nitrogen and oxygen atoms in total. The fraction of sp³-hybridized carbons (Fsp3) is 0.300. The number of rotatable bonds is 4. The normalized spacial score (nSPS) is 9.81. The average molecular weight is 265 g/mol. The van der Waals surface area contributed by atoms with Gasteiger partial charge in [0.05, 0.1) is 31.9 Å². The van der Waals surface area contributed by atoms with Crippen LogP contribution in [0.2, 0.25) is 5.02 Å². The summed E-state index contributed by atoms with van der Waals surface area (Å²) >= 11 is 11.3. The Kier molecular flexibility index (Phi) is 4.26. The number of carbonyl (C=O) groups excluding carboxylic acids is 1. The van der Waals surface area contributed by atoms with Crippen LogP contribution in [0.5, 0.6) is 17.2 Å². The number of benzene rings is 1. The highest BCUT2D eigenvalue weighted by Crippen LogP contribution is 2.44. The van der Waals surface area contributed by atoms with Crippen LogP contribution in [0, 0.1) is 0 Å². The van der Waals surface area contributed by atoms with E-state index in [0.717, 1.165) is 0 Å². The molecule has 0 fully saturated rings. The van der Waals surface area contributed by atoms with Gasteiger partial charge in [-0.3, -0.25) is 4.79 Å². The first-order chi connectivity index (χ1) is 7.56. The van der Waals surface area contributed by atoms with Gasteiger partial charge in [0.25, 0.3) is 5.24 Å². The molecule has 0 bridgehead atoms. The summed E-state index contributed by atoms with van der Waals surface area (Å²) in [6, 6.07) is 1.40. The van der Waals surface area contributed by atoms with Crippen molar-refractivity contribution in [3.8, 4) is 17.2 Å². The van der Waals surface area contributed by atoms with Crippen molar-refractivity contribution in [1.82, 2.24) is 0 Å². The Balaban J connectivity index is 3.54. The monoisotopic (exact) mass is 264 g/mol. The zero-order valence-corrected chi connectivity index (χ0v) is 10.5. The van der Waals surface area contributed by atoms with Crippen LogP contribution in [0.4, 0.5) is 0 Å². The van der Waals surface area contributed by atoms with Crippen molar-refractivity contribution < 1.29 is 19.0 Å². The predicted octanol–water partition coefficient (Wildman–Crippen LogP) is 2.74. The molecule has 0 radical (unpaired) electrons. The average Bonchev–Trinajstić information content (AvgIpc) is 2.27. The molecule has 0 saturated heterocycles. The van der Waals surface area contributed by atoms with Gasteiger partial charge in [0.1, 0.15) is 0 Å². The van der Waals surface area contributed by atoms with E-state index < -0.39 is 5.24 Å². The zero-order chi connectivity index (χ0) is 12.3. The van der Waals surface area contributed by atoms with Crippen molar-refractivity contribution in [2.45, 2.75) is 0 Å². The molecule has 0 saturated carbocycles. The van der Waals surface area contributed by atoms with Crippen LogP contribution < -0.4 is 14.2 Å². The molecule has 88 valence electrons. The van der Waals surface area contributed by atoms with Crippen molar-refractivity contribution in [2.24, 2.45) is 0 Å². The quantitative estimate of drug-likeness (QED) is 0.785. The molecule has 0 aromatic heterocycles. The predicted molar refractivity (Wildman–Crippen MR) is 61.3 cm³/mol. The summed E-state index contributed by atoms with van der Waals surface area (Å²) in [7, 11) is 4.29. The summed E-state index contributed by atoms with van der Waals surface area (Å²) < 4.78 is 15.2. The van der Waals surface area contributed by atoms with Crippen LogP contribution in [0.3, 0.4) is 0 Å². The number of carbonyl (C=O) groups is 1. The first-order valence-corrected chi connectivity index (χ1v) is 5.00. The summed E-state index contributed by atoms with van der Waals surface area (Å²) in [6.07, 6.45) is 0. The molecule has 0 heterocycles. The van der Waals surface area contributed by atoms with Gasteiger partial charge in [-0.1, -0.05) is 11.6 Å². The summed E-state index contributed by atoms with van der Waals surface area (Å²) in [6.45, 7) is 0. The fourth-order valence-corrected chi connectivity index (χ4v) is 1.76. The van der Waals surface area contributed by atoms with Crippen LogP contribution in [-0.4, -0.2) is 26.6 Å². The van der Waals surface area contributed by atoms with Crippen molar-refractivity contribution in [3.05, 3.63) is 16.7 Å². The molecular weight excluding hydrogens is 255 g/mol. The van der Waals surface area contributed by atoms with Crippen LogP contribution in [0.25, 0.3) is 0 Å². The zero-order valence-electron chi connectivity index (χ0n) is 8.97. The van der Waals surface area contributed by atoms with E-state index in [4.69, 9.17) is 37.4 Å². The van der Waals surface area contributed by atoms with Gasteiger partial charge in [-0.15, -0.1) is 0 Å². The molecule has 0 unspecified atom stereocenters. The Bertz CT molecular complexity index is 418. The standard InChI is InChI=1S/C10H10Cl2O4/c1-14-6-4-5(10(12)13)7(11)9(16-3)8(6)15-2/h4H,1-3H3. The summed E-state index contributed by atoms with van der Waals surface area (Å²) in [5, 5.41) is -0.593. The number of halogens is 2. The highest BCUT2D eigenvalue weighted by atomic mass is 35.5. The summed E-state index contributed by atoms with van der Waals surface area (Å²) in [5.41, 5.74) is 0.109. The minimum atomic E-state index is -0.691. The number of methoxy groups -OCH3 is 3. The van der Waals surface area contributed by atoms with Crippen LogP contribution in [0.15, 0.2) is 6.07 Å². The molecule has 1 aromatic carbocycles. The topological polar surface area (TPSA) is 44.8 Å². The maximum atomic E-state index is 11.1. The smallest absolute Gasteiger partial charge is 0.254 e. The van der Waals surface area contributed by atoms with E-state index in [1.165, 1.54) is 27.4 Å². The Morgan fingerprint density at radius 1 is 1.12 bits per heavy atom. The lowest BCUT2D eigenvalue weighted by atomic mass is 10.2. The van der Waals surface area contributed by atoms with Crippen molar-refractivity contribution >= 4 is 28.4 Å². The van der Waals surface area contributed by atoms with Gasteiger partial charge >= 0.3 is 0 Å². The molecule has 1 rings (SSSR count). The van der Waals surface area contributed by atoms with E-state index in [1.54, 1.807) is 0 Å². The second kappa shape index (κ2) is 5.27. The van der Waals surface area contributed by atoms with Gasteiger partial charge in [0.15, 0.2) is 11.5 Å². The molecule has 16 heavy (non-hydrogen) atoms. The van der Waals surface area contributed by atoms with Crippen LogP contribution in [0.1, 0.15) is 10.4 Å². The van der Waals surface area contributed by atoms with Crippen molar-refractivity contribution in [1.29, 1.82) is 0 Å². The largest absolute Gasteiger partial charge is 0.493 e. The highest BCUT2D eigenvalue weighted by Gasteiger charge is 2.21. The summed E-state index contributed by atoms with van der Waals surface area (Å²) in [4.78, 5) is 11.1. The third-order valence-electron chi connectivity index (χ3n) is 1.98. The first-order valence-electron chi connectivity index (χ1n) is 4.25. The molecule has 0 aliphatic carbocycles. The van der Waals surface area contributed by atoms with E-state index in [2.05, 4.69) is 0 Å². The fourth-order valence-electron chi connectivity index (χ4n) is 1.26. The molecule has 1 aromatic rings. The molecule has 0 aliphatic rings. The molecule has 0 aliphatic heterocycles. The van der Waals surface area contributed by atoms with Gasteiger partial charge in [-0.2, -0.15) is 0 Å². The van der Waals surface area contributed by atoms with Crippen LogP contribution >= 0.6 is 23.2 Å². The van der Waals surface area contributed by atoms with Gasteiger partial charge < -0.3 is 14.2 Å². The molecule has 0 amide bonds. The molecule has 6 heteroatoms. The van der Waals surface area contributed by atoms with E-state index >= 15 is 0 Å². The molecule has 0 spiro atoms. The third kappa shape index (κ3) is 2.18. The minimum absolute atomic E-state index is 0.0974. The number of hydrogen-bond acceptors (Lipinski definition) is 4. The van der Waals surface area contributed by atoms with Gasteiger partial charge in [-0.05, 0) is 17.7 Å². The Morgan fingerprint density at radius 3 is 2.06 bits per heavy atom. The van der Waals surface area contributed by atoms with Crippen LogP contribution in [-0.2, 0) is 0 Å². The Labute approximate surface area is 103 Å². The lowest BCUT2D eigenvalue weighted by Gasteiger charge is -2.14. The van der Waals surface area contributed by atoms with Gasteiger partial charge in [-0.25, -0.2) is 0 Å². The summed E-state index contributed by atoms with van der Waals surface area (Å²) in [5.74, 6) is 0.858. The maximum absolute atomic E-state index is 11.1. The third-order valence-corrected chi connectivity index (χ3v) is 2.56. The Morgan fingerprint density at radius 2 is 1.69 bits per heavy atom. The van der Waals surface area contributed by atoms with Gasteiger partial charge in [0, 0.05) is 0 Å². The van der Waals surface area contributed by atoms with Gasteiger partial charge in [0.2, 0.25) is 5.75 Å². The second-order valence-corrected chi connectivity index (χ2v) is 3.50. The van der Waals surface area contributed by atoms with E-state index in [9.17, 15) is 4.79 Å². The number of hydrogen-bond donors (Lipinski definition) is 0. The van der Waals surface area contributed by atoms with Crippen molar-refractivity contribution in [3.63, 3.8) is 0 Å². The second-order valence-electron chi connectivity index (χ2n) is 2.78. The number of ether oxygens (including phenoxy) is 3. The molecule has 0 atom stereocenters. The lowest BCUT2D eigenvalue weighted by Crippen LogP contribution is -2.00. The highest BCUT2D eigenvalue weighted by molar-refractivity contribution is 6.69. The van der Waals surface area contributed by atoms with E-state index in [-0.39, 0.29) is 16.3 Å². The van der Waals surface area contributed by atoms with E-state index in [1.807, 2.05) is 0 Å². The lowest BCUT2D eigenvalue weighted by molar-refractivity contribution is 0.108. The maximum Gasteiger partial charge on any atom is 0.254 e. The molecule has 0 N–H and O–H groups in total.